The molecule has 6 N–H and O–H groups in total. The Morgan fingerprint density at radius 3 is 2.26 bits per heavy atom. The fourth-order valence-corrected chi connectivity index (χ4v) is 5.19. The normalized spacial score (nSPS) is 19.1. The second kappa shape index (κ2) is 10.6. The first kappa shape index (κ1) is 27.1. The summed E-state index contributed by atoms with van der Waals surface area (Å²) in [6.07, 6.45) is 3.81. The number of nitrogens with zero attached hydrogens (tertiary/aromatic N) is 3. The van der Waals surface area contributed by atoms with Crippen LogP contribution in [0.4, 0.5) is 26.1 Å². The second-order valence-corrected chi connectivity index (χ2v) is 12.8. The first-order valence-electron chi connectivity index (χ1n) is 11.2. The third-order valence-electron chi connectivity index (χ3n) is 6.11. The number of nitrogen functional groups attached to an aromatic ring is 2. The van der Waals surface area contributed by atoms with Crippen molar-refractivity contribution < 1.29 is 8.78 Å². The largest absolute Gasteiger partial charge is 0.397 e. The molecule has 0 amide bonds. The maximum atomic E-state index is 13.7. The van der Waals surface area contributed by atoms with Gasteiger partial charge in [-0.3, -0.25) is 5.14 Å². The van der Waals surface area contributed by atoms with Gasteiger partial charge in [0.25, 0.3) is 0 Å². The molecule has 2 heterocycles. The van der Waals surface area contributed by atoms with Gasteiger partial charge in [-0.2, -0.15) is 0 Å². The fourth-order valence-electron chi connectivity index (χ4n) is 4.13. The summed E-state index contributed by atoms with van der Waals surface area (Å²) in [6, 6.07) is 5.39. The number of halogens is 3. The van der Waals surface area contributed by atoms with Crippen molar-refractivity contribution in [1.82, 2.24) is 9.97 Å². The average Bonchev–Trinajstić information content (AvgIpc) is 3.07. The van der Waals surface area contributed by atoms with E-state index in [1.807, 2.05) is 12.1 Å². The minimum Gasteiger partial charge on any atom is -0.397 e. The van der Waals surface area contributed by atoms with E-state index in [9.17, 15) is 8.78 Å². The Morgan fingerprint density at radius 1 is 1.09 bits per heavy atom. The molecule has 1 aliphatic heterocycles. The molecule has 2 fully saturated rings. The van der Waals surface area contributed by atoms with Crippen molar-refractivity contribution in [3.05, 3.63) is 29.4 Å². The second-order valence-electron chi connectivity index (χ2n) is 9.93. The maximum Gasteiger partial charge on any atom is 0.248 e. The average molecular weight is 531 g/mol. The highest BCUT2D eigenvalue weighted by molar-refractivity contribution is 7.99. The molecule has 0 atom stereocenters. The van der Waals surface area contributed by atoms with Gasteiger partial charge < -0.3 is 16.4 Å². The van der Waals surface area contributed by atoms with Crippen LogP contribution in [0.25, 0.3) is 0 Å². The van der Waals surface area contributed by atoms with Crippen molar-refractivity contribution in [3.8, 4) is 0 Å². The summed E-state index contributed by atoms with van der Waals surface area (Å²) in [6.45, 7) is 7.63. The van der Waals surface area contributed by atoms with Gasteiger partial charge in [0.2, 0.25) is 5.92 Å². The minimum absolute atomic E-state index is 0.0121. The quantitative estimate of drug-likeness (QED) is 0.316. The molecule has 1 aromatic carbocycles. The third kappa shape index (κ3) is 7.02. The van der Waals surface area contributed by atoms with E-state index >= 15 is 0 Å². The Hall–Kier alpha value is -1.49. The van der Waals surface area contributed by atoms with Crippen LogP contribution < -0.4 is 21.5 Å². The Labute approximate surface area is 213 Å². The van der Waals surface area contributed by atoms with Crippen LogP contribution in [0.2, 0.25) is 5.02 Å². The molecule has 0 bridgehead atoms. The SMILES string of the molecule is CC(C)(C)SN.Nc1cccc(Sc2ncc(N3CCC4(CC3)CCC(F)(F)C4)nc2N)c1Cl. The molecule has 1 saturated carbocycles. The number of anilines is 3. The Balaban J connectivity index is 0.000000481. The molecule has 1 aliphatic carbocycles. The lowest BCUT2D eigenvalue weighted by molar-refractivity contribution is -0.00682. The summed E-state index contributed by atoms with van der Waals surface area (Å²) in [7, 11) is 0. The number of piperidine rings is 1. The summed E-state index contributed by atoms with van der Waals surface area (Å²) < 4.78 is 27.5. The van der Waals surface area contributed by atoms with Crippen LogP contribution in [0.3, 0.4) is 0 Å². The van der Waals surface area contributed by atoms with Crippen molar-refractivity contribution >= 4 is 52.6 Å². The molecule has 1 spiro atoms. The first-order valence-corrected chi connectivity index (χ1v) is 13.3. The molecule has 6 nitrogen and oxygen atoms in total. The van der Waals surface area contributed by atoms with E-state index in [1.165, 1.54) is 23.7 Å². The molecule has 11 heteroatoms. The summed E-state index contributed by atoms with van der Waals surface area (Å²) >= 11 is 8.93. The van der Waals surface area contributed by atoms with Gasteiger partial charge in [0.15, 0.2) is 5.82 Å². The van der Waals surface area contributed by atoms with Crippen molar-refractivity contribution in [2.45, 2.75) is 73.5 Å². The molecule has 4 rings (SSSR count). The highest BCUT2D eigenvalue weighted by atomic mass is 35.5. The van der Waals surface area contributed by atoms with Crippen molar-refractivity contribution in [3.63, 3.8) is 0 Å². The highest BCUT2D eigenvalue weighted by Gasteiger charge is 2.50. The van der Waals surface area contributed by atoms with Gasteiger partial charge >= 0.3 is 0 Å². The molecule has 188 valence electrons. The van der Waals surface area contributed by atoms with Gasteiger partial charge in [0.1, 0.15) is 10.8 Å². The van der Waals surface area contributed by atoms with Crippen molar-refractivity contribution in [2.24, 2.45) is 10.6 Å². The zero-order valence-corrected chi connectivity index (χ0v) is 22.2. The smallest absolute Gasteiger partial charge is 0.248 e. The summed E-state index contributed by atoms with van der Waals surface area (Å²) in [5, 5.41) is 6.24. The van der Waals surface area contributed by atoms with Gasteiger partial charge in [-0.25, -0.2) is 18.7 Å². The fraction of sp³-hybridized carbons (Fsp3) is 0.565. The predicted molar refractivity (Wildman–Crippen MR) is 141 cm³/mol. The van der Waals surface area contributed by atoms with Gasteiger partial charge in [-0.05, 0) is 57.6 Å². The molecule has 0 radical (unpaired) electrons. The maximum absolute atomic E-state index is 13.7. The van der Waals surface area contributed by atoms with E-state index in [4.69, 9.17) is 28.2 Å². The molecular formula is C23H33ClF2N6S2. The van der Waals surface area contributed by atoms with Gasteiger partial charge in [0, 0.05) is 35.6 Å². The van der Waals surface area contributed by atoms with E-state index in [1.54, 1.807) is 12.3 Å². The number of hydrogen-bond acceptors (Lipinski definition) is 8. The number of alkyl halides is 2. The summed E-state index contributed by atoms with van der Waals surface area (Å²) in [5.41, 5.74) is 12.2. The van der Waals surface area contributed by atoms with Crippen LogP contribution >= 0.6 is 35.3 Å². The number of rotatable bonds is 3. The lowest BCUT2D eigenvalue weighted by Gasteiger charge is -2.39. The molecule has 1 saturated heterocycles. The highest BCUT2D eigenvalue weighted by Crippen LogP contribution is 2.53. The Morgan fingerprint density at radius 2 is 1.74 bits per heavy atom. The third-order valence-corrected chi connectivity index (χ3v) is 8.42. The van der Waals surface area contributed by atoms with Crippen LogP contribution in [0.15, 0.2) is 34.3 Å². The van der Waals surface area contributed by atoms with Gasteiger partial charge in [0.05, 0.1) is 16.9 Å². The molecular weight excluding hydrogens is 498 g/mol. The topological polar surface area (TPSA) is 107 Å². The van der Waals surface area contributed by atoms with E-state index in [2.05, 4.69) is 35.6 Å². The number of benzene rings is 1. The van der Waals surface area contributed by atoms with Crippen LogP contribution in [0.1, 0.15) is 52.9 Å². The minimum atomic E-state index is -2.51. The number of hydrogen-bond donors (Lipinski definition) is 3. The van der Waals surface area contributed by atoms with Crippen LogP contribution in [0.5, 0.6) is 0 Å². The Kier molecular flexibility index (Phi) is 8.48. The van der Waals surface area contributed by atoms with Crippen LogP contribution in [0, 0.1) is 5.41 Å². The van der Waals surface area contributed by atoms with Crippen molar-refractivity contribution in [1.29, 1.82) is 0 Å². The standard InChI is InChI=1S/C19H22ClF2N5S.C4H11NS/c20-15-12(23)2-1-3-13(15)28-17-16(24)26-14(10-25-17)27-8-6-18(7-9-27)4-5-19(21,22)11-18;1-4(2,3)6-5/h1-3,10H,4-9,11,23H2,(H2,24,26);5H2,1-3H3. The monoisotopic (exact) mass is 530 g/mol. The lowest BCUT2D eigenvalue weighted by Crippen LogP contribution is -2.40. The molecule has 2 aliphatic rings. The van der Waals surface area contributed by atoms with Crippen LogP contribution in [-0.4, -0.2) is 33.7 Å². The van der Waals surface area contributed by atoms with E-state index in [0.29, 0.717) is 46.9 Å². The molecule has 34 heavy (non-hydrogen) atoms. The van der Waals surface area contributed by atoms with E-state index < -0.39 is 5.92 Å². The van der Waals surface area contributed by atoms with Crippen molar-refractivity contribution in [2.75, 3.05) is 29.5 Å². The molecule has 0 unspecified atom stereocenters. The summed E-state index contributed by atoms with van der Waals surface area (Å²) in [4.78, 5) is 11.8. The predicted octanol–water partition coefficient (Wildman–Crippen LogP) is 6.24. The number of aromatic nitrogens is 2. The van der Waals surface area contributed by atoms with Crippen LogP contribution in [-0.2, 0) is 0 Å². The number of nitrogens with two attached hydrogens (primary N) is 3. The first-order chi connectivity index (χ1) is 15.8. The zero-order valence-electron chi connectivity index (χ0n) is 19.8. The Bertz CT molecular complexity index is 994. The van der Waals surface area contributed by atoms with Gasteiger partial charge in [-0.1, -0.05) is 41.4 Å². The summed E-state index contributed by atoms with van der Waals surface area (Å²) in [5.74, 6) is -1.51. The van der Waals surface area contributed by atoms with E-state index in [-0.39, 0.29) is 23.0 Å². The molecule has 2 aromatic rings. The van der Waals surface area contributed by atoms with Gasteiger partial charge in [-0.15, -0.1) is 0 Å². The molecule has 1 aromatic heterocycles. The zero-order chi connectivity index (χ0) is 25.1. The lowest BCUT2D eigenvalue weighted by atomic mass is 9.77. The van der Waals surface area contributed by atoms with E-state index in [0.717, 1.165) is 17.7 Å².